The van der Waals surface area contributed by atoms with Crippen molar-refractivity contribution in [1.29, 1.82) is 0 Å². The summed E-state index contributed by atoms with van der Waals surface area (Å²) in [5.74, 6) is 5.31. The first-order valence-corrected chi connectivity index (χ1v) is 8.17. The van der Waals surface area contributed by atoms with Crippen LogP contribution in [0.1, 0.15) is 17.5 Å². The van der Waals surface area contributed by atoms with E-state index in [2.05, 4.69) is 20.1 Å². The maximum Gasteiger partial charge on any atom is 0.267 e. The van der Waals surface area contributed by atoms with Crippen LogP contribution in [-0.2, 0) is 16.4 Å². The minimum absolute atomic E-state index is 0.0200. The molecule has 4 N–H and O–H groups in total. The second-order valence-corrected chi connectivity index (χ2v) is 6.85. The summed E-state index contributed by atoms with van der Waals surface area (Å²) in [5.41, 5.74) is 3.50. The van der Waals surface area contributed by atoms with Gasteiger partial charge in [-0.3, -0.25) is 15.5 Å². The number of hydrazine groups is 1. The predicted octanol–water partition coefficient (Wildman–Crippen LogP) is 1.50. The second-order valence-electron chi connectivity index (χ2n) is 4.00. The minimum atomic E-state index is -3.77. The summed E-state index contributed by atoms with van der Waals surface area (Å²) in [6, 6.07) is 1.49. The van der Waals surface area contributed by atoms with Gasteiger partial charge in [-0.25, -0.2) is 13.4 Å². The smallest absolute Gasteiger partial charge is 0.267 e. The summed E-state index contributed by atoms with van der Waals surface area (Å²) >= 11 is 1.30. The fraction of sp³-hybridized carbons (Fsp3) is 0.273. The normalized spacial score (nSPS) is 11.3. The molecule has 0 saturated carbocycles. The molecule has 108 valence electrons. The van der Waals surface area contributed by atoms with Crippen LogP contribution in [0.25, 0.3) is 0 Å². The van der Waals surface area contributed by atoms with E-state index < -0.39 is 10.0 Å². The third kappa shape index (κ3) is 2.89. The average Bonchev–Trinajstić information content (AvgIpc) is 2.77. The van der Waals surface area contributed by atoms with Crippen LogP contribution in [-0.4, -0.2) is 18.4 Å². The molecule has 0 aliphatic rings. The molecule has 0 fully saturated rings. The molecule has 20 heavy (non-hydrogen) atoms. The van der Waals surface area contributed by atoms with E-state index in [1.807, 2.05) is 13.8 Å². The zero-order valence-electron chi connectivity index (χ0n) is 11.0. The summed E-state index contributed by atoms with van der Waals surface area (Å²) in [6.07, 6.45) is 3.45. The van der Waals surface area contributed by atoms with E-state index in [1.54, 1.807) is 0 Å². The number of thiazole rings is 1. The number of nitrogens with one attached hydrogen (secondary N) is 2. The topological polar surface area (TPSA) is 110 Å². The number of aromatic nitrogens is 2. The fourth-order valence-electron chi connectivity index (χ4n) is 1.68. The lowest BCUT2D eigenvalue weighted by Gasteiger charge is -2.09. The molecule has 0 saturated heterocycles. The Balaban J connectivity index is 2.35. The van der Waals surface area contributed by atoms with Gasteiger partial charge in [0.1, 0.15) is 4.90 Å². The molecule has 2 heterocycles. The third-order valence-electron chi connectivity index (χ3n) is 2.68. The third-order valence-corrected chi connectivity index (χ3v) is 5.10. The molecule has 0 aliphatic carbocycles. The average molecular weight is 313 g/mol. The van der Waals surface area contributed by atoms with Gasteiger partial charge >= 0.3 is 0 Å². The summed E-state index contributed by atoms with van der Waals surface area (Å²) in [4.78, 5) is 9.03. The molecule has 0 amide bonds. The van der Waals surface area contributed by atoms with Crippen molar-refractivity contribution in [2.75, 3.05) is 10.1 Å². The highest BCUT2D eigenvalue weighted by Crippen LogP contribution is 2.26. The minimum Gasteiger partial charge on any atom is -0.323 e. The number of sulfonamides is 1. The van der Waals surface area contributed by atoms with Gasteiger partial charge in [-0.2, -0.15) is 0 Å². The maximum absolute atomic E-state index is 12.3. The molecular formula is C11H15N5O2S2. The number of hydrogen-bond acceptors (Lipinski definition) is 7. The number of pyridine rings is 1. The van der Waals surface area contributed by atoms with Gasteiger partial charge in [0, 0.05) is 17.3 Å². The van der Waals surface area contributed by atoms with Crippen molar-refractivity contribution in [3.63, 3.8) is 0 Å². The van der Waals surface area contributed by atoms with Crippen molar-refractivity contribution in [2.45, 2.75) is 25.2 Å². The van der Waals surface area contributed by atoms with E-state index in [0.29, 0.717) is 5.13 Å². The van der Waals surface area contributed by atoms with Crippen molar-refractivity contribution in [3.05, 3.63) is 29.0 Å². The van der Waals surface area contributed by atoms with Gasteiger partial charge in [-0.05, 0) is 19.4 Å². The molecule has 7 nitrogen and oxygen atoms in total. The summed E-state index contributed by atoms with van der Waals surface area (Å²) in [5, 5.41) is 0.339. The number of rotatable bonds is 5. The van der Waals surface area contributed by atoms with E-state index in [0.717, 1.165) is 17.0 Å². The first-order chi connectivity index (χ1) is 9.47. The van der Waals surface area contributed by atoms with E-state index in [1.165, 1.54) is 29.8 Å². The lowest BCUT2D eigenvalue weighted by Crippen LogP contribution is -2.17. The Morgan fingerprint density at radius 2 is 2.20 bits per heavy atom. The Morgan fingerprint density at radius 3 is 2.80 bits per heavy atom. The molecule has 0 bridgehead atoms. The number of nitrogens with two attached hydrogens (primary N) is 1. The van der Waals surface area contributed by atoms with Crippen molar-refractivity contribution in [3.8, 4) is 0 Å². The van der Waals surface area contributed by atoms with Gasteiger partial charge in [0.05, 0.1) is 11.4 Å². The summed E-state index contributed by atoms with van der Waals surface area (Å²) in [6.45, 7) is 3.88. The predicted molar refractivity (Wildman–Crippen MR) is 79.1 cm³/mol. The van der Waals surface area contributed by atoms with E-state index in [9.17, 15) is 8.42 Å². The Morgan fingerprint density at radius 1 is 1.45 bits per heavy atom. The van der Waals surface area contributed by atoms with Gasteiger partial charge in [0.15, 0.2) is 5.13 Å². The molecule has 2 aromatic heterocycles. The second kappa shape index (κ2) is 5.73. The standard InChI is InChI=1S/C11H15N5O2S2/c1-3-8-7(2)19-11(14-8)16-20(17,18)10-6-13-5-4-9(10)15-12/h4-6H,3,12H2,1-2H3,(H,13,15)(H,14,16). The van der Waals surface area contributed by atoms with Crippen LogP contribution in [0.2, 0.25) is 0 Å². The Bertz CT molecular complexity index is 711. The maximum atomic E-state index is 12.3. The van der Waals surface area contributed by atoms with E-state index in [4.69, 9.17) is 5.84 Å². The number of aryl methyl sites for hydroxylation is 2. The molecule has 0 aliphatic heterocycles. The van der Waals surface area contributed by atoms with Crippen molar-refractivity contribution in [2.24, 2.45) is 5.84 Å². The van der Waals surface area contributed by atoms with Gasteiger partial charge in [-0.15, -0.1) is 11.3 Å². The van der Waals surface area contributed by atoms with Crippen molar-refractivity contribution >= 4 is 32.2 Å². The Labute approximate surface area is 121 Å². The van der Waals surface area contributed by atoms with Crippen LogP contribution >= 0.6 is 11.3 Å². The van der Waals surface area contributed by atoms with Gasteiger partial charge in [-0.1, -0.05) is 6.92 Å². The number of nitrogens with zero attached hydrogens (tertiary/aromatic N) is 2. The van der Waals surface area contributed by atoms with Gasteiger partial charge < -0.3 is 5.43 Å². The zero-order valence-corrected chi connectivity index (χ0v) is 12.7. The van der Waals surface area contributed by atoms with Crippen LogP contribution in [0.15, 0.2) is 23.4 Å². The molecule has 0 radical (unpaired) electrons. The summed E-state index contributed by atoms with van der Waals surface area (Å²) in [7, 11) is -3.77. The number of anilines is 2. The fourth-order valence-corrected chi connectivity index (χ4v) is 3.93. The van der Waals surface area contributed by atoms with Crippen LogP contribution in [0, 0.1) is 6.92 Å². The number of nitrogen functional groups attached to an aromatic ring is 1. The summed E-state index contributed by atoms with van der Waals surface area (Å²) < 4.78 is 27.1. The molecule has 0 aromatic carbocycles. The molecule has 0 spiro atoms. The highest BCUT2D eigenvalue weighted by molar-refractivity contribution is 7.93. The SMILES string of the molecule is CCc1nc(NS(=O)(=O)c2cnccc2NN)sc1C. The zero-order chi connectivity index (χ0) is 14.8. The van der Waals surface area contributed by atoms with Crippen molar-refractivity contribution < 1.29 is 8.42 Å². The van der Waals surface area contributed by atoms with Crippen LogP contribution in [0.3, 0.4) is 0 Å². The highest BCUT2D eigenvalue weighted by atomic mass is 32.2. The molecule has 0 unspecified atom stereocenters. The molecule has 0 atom stereocenters. The molecule has 2 rings (SSSR count). The lowest BCUT2D eigenvalue weighted by atomic mass is 10.3. The Hall–Kier alpha value is -1.71. The Kier molecular flexibility index (Phi) is 4.21. The quantitative estimate of drug-likeness (QED) is 0.570. The van der Waals surface area contributed by atoms with E-state index in [-0.39, 0.29) is 10.6 Å². The molecular weight excluding hydrogens is 298 g/mol. The van der Waals surface area contributed by atoms with Gasteiger partial charge in [0.2, 0.25) is 0 Å². The first-order valence-electron chi connectivity index (χ1n) is 5.87. The monoisotopic (exact) mass is 313 g/mol. The van der Waals surface area contributed by atoms with Gasteiger partial charge in [0.25, 0.3) is 10.0 Å². The van der Waals surface area contributed by atoms with Crippen LogP contribution in [0.4, 0.5) is 10.8 Å². The molecule has 9 heteroatoms. The van der Waals surface area contributed by atoms with E-state index >= 15 is 0 Å². The van der Waals surface area contributed by atoms with Crippen LogP contribution < -0.4 is 16.0 Å². The largest absolute Gasteiger partial charge is 0.323 e. The van der Waals surface area contributed by atoms with Crippen molar-refractivity contribution in [1.82, 2.24) is 9.97 Å². The highest BCUT2D eigenvalue weighted by Gasteiger charge is 2.20. The van der Waals surface area contributed by atoms with Crippen LogP contribution in [0.5, 0.6) is 0 Å². The lowest BCUT2D eigenvalue weighted by molar-refractivity contribution is 0.601. The first kappa shape index (κ1) is 14.7. The molecule has 2 aromatic rings. The number of hydrogen-bond donors (Lipinski definition) is 3.